The van der Waals surface area contributed by atoms with E-state index < -0.39 is 0 Å². The third kappa shape index (κ3) is 2.54. The maximum atomic E-state index is 5.80. The zero-order chi connectivity index (χ0) is 9.84. The molecule has 0 radical (unpaired) electrons. The van der Waals surface area contributed by atoms with Gasteiger partial charge in [0.15, 0.2) is 0 Å². The molecule has 0 amide bonds. The summed E-state index contributed by atoms with van der Waals surface area (Å²) in [7, 11) is 1.63. The van der Waals surface area contributed by atoms with Crippen LogP contribution in [0.15, 0.2) is 18.2 Å². The van der Waals surface area contributed by atoms with Crippen LogP contribution in [0.2, 0.25) is 0 Å². The monoisotopic (exact) mass is 180 g/mol. The van der Waals surface area contributed by atoms with Gasteiger partial charge >= 0.3 is 0 Å². The van der Waals surface area contributed by atoms with Crippen molar-refractivity contribution >= 4 is 11.4 Å². The minimum atomic E-state index is 0.385. The van der Waals surface area contributed by atoms with E-state index in [1.165, 1.54) is 0 Å². The lowest BCUT2D eigenvalue weighted by atomic mass is 10.2. The molecule has 0 saturated heterocycles. The summed E-state index contributed by atoms with van der Waals surface area (Å²) >= 11 is 0. The van der Waals surface area contributed by atoms with E-state index in [1.807, 2.05) is 18.2 Å². The highest BCUT2D eigenvalue weighted by Crippen LogP contribution is 2.24. The molecule has 1 rings (SSSR count). The van der Waals surface area contributed by atoms with E-state index in [1.54, 1.807) is 7.11 Å². The van der Waals surface area contributed by atoms with Crippen LogP contribution in [0.1, 0.15) is 13.8 Å². The molecule has 72 valence electrons. The molecule has 0 atom stereocenters. The van der Waals surface area contributed by atoms with Gasteiger partial charge in [0.05, 0.1) is 18.5 Å². The Balaban J connectivity index is 2.85. The smallest absolute Gasteiger partial charge is 0.121 e. The van der Waals surface area contributed by atoms with Crippen LogP contribution in [0.5, 0.6) is 5.75 Å². The van der Waals surface area contributed by atoms with Crippen molar-refractivity contribution in [2.75, 3.05) is 18.2 Å². The quantitative estimate of drug-likeness (QED) is 0.700. The molecule has 3 heteroatoms. The summed E-state index contributed by atoms with van der Waals surface area (Å²) in [6, 6.07) is 6.01. The van der Waals surface area contributed by atoms with Gasteiger partial charge in [-0.2, -0.15) is 0 Å². The second kappa shape index (κ2) is 4.03. The second-order valence-electron chi connectivity index (χ2n) is 3.25. The summed E-state index contributed by atoms with van der Waals surface area (Å²) in [5, 5.41) is 3.24. The van der Waals surface area contributed by atoms with Gasteiger partial charge in [0, 0.05) is 12.1 Å². The van der Waals surface area contributed by atoms with Crippen molar-refractivity contribution in [3.63, 3.8) is 0 Å². The van der Waals surface area contributed by atoms with Gasteiger partial charge in [-0.3, -0.25) is 0 Å². The predicted octanol–water partition coefficient (Wildman–Crippen LogP) is 2.10. The predicted molar refractivity (Wildman–Crippen MR) is 56.2 cm³/mol. The molecule has 0 aliphatic rings. The highest BCUT2D eigenvalue weighted by Gasteiger charge is 2.01. The fraction of sp³-hybridized carbons (Fsp3) is 0.400. The van der Waals surface area contributed by atoms with Crippen molar-refractivity contribution in [2.45, 2.75) is 19.9 Å². The van der Waals surface area contributed by atoms with Crippen LogP contribution in [0.4, 0.5) is 11.4 Å². The van der Waals surface area contributed by atoms with Crippen LogP contribution in [-0.2, 0) is 0 Å². The van der Waals surface area contributed by atoms with E-state index in [2.05, 4.69) is 19.2 Å². The summed E-state index contributed by atoms with van der Waals surface area (Å²) in [6.07, 6.45) is 0. The van der Waals surface area contributed by atoms with E-state index in [0.717, 1.165) is 11.4 Å². The Labute approximate surface area is 78.9 Å². The lowest BCUT2D eigenvalue weighted by Crippen LogP contribution is -2.11. The van der Waals surface area contributed by atoms with Crippen LogP contribution >= 0.6 is 0 Å². The van der Waals surface area contributed by atoms with Crippen molar-refractivity contribution < 1.29 is 4.74 Å². The van der Waals surface area contributed by atoms with E-state index in [0.29, 0.717) is 11.7 Å². The molecule has 0 bridgehead atoms. The molecular weight excluding hydrogens is 164 g/mol. The van der Waals surface area contributed by atoms with Crippen molar-refractivity contribution in [3.05, 3.63) is 18.2 Å². The number of anilines is 2. The molecule has 0 heterocycles. The average molecular weight is 180 g/mol. The maximum absolute atomic E-state index is 5.80. The molecule has 0 aliphatic heterocycles. The van der Waals surface area contributed by atoms with E-state index in [9.17, 15) is 0 Å². The van der Waals surface area contributed by atoms with Gasteiger partial charge in [0.1, 0.15) is 5.75 Å². The Morgan fingerprint density at radius 2 is 2.08 bits per heavy atom. The molecule has 0 spiro atoms. The molecule has 1 aromatic rings. The Kier molecular flexibility index (Phi) is 3.01. The maximum Gasteiger partial charge on any atom is 0.121 e. The number of nitrogens with one attached hydrogen (secondary N) is 1. The second-order valence-corrected chi connectivity index (χ2v) is 3.25. The molecule has 13 heavy (non-hydrogen) atoms. The van der Waals surface area contributed by atoms with Crippen molar-refractivity contribution in [1.82, 2.24) is 0 Å². The minimum absolute atomic E-state index is 0.385. The number of methoxy groups -OCH3 is 1. The highest BCUT2D eigenvalue weighted by atomic mass is 16.5. The standard InChI is InChI=1S/C10H16N2O/c1-7(2)12-10-5-4-8(13-3)6-9(10)11/h4-7,12H,11H2,1-3H3. The van der Waals surface area contributed by atoms with Crippen molar-refractivity contribution in [3.8, 4) is 5.75 Å². The van der Waals surface area contributed by atoms with E-state index in [-0.39, 0.29) is 0 Å². The van der Waals surface area contributed by atoms with Gasteiger partial charge in [0.2, 0.25) is 0 Å². The van der Waals surface area contributed by atoms with Gasteiger partial charge in [-0.1, -0.05) is 0 Å². The van der Waals surface area contributed by atoms with Gasteiger partial charge < -0.3 is 15.8 Å². The molecule has 3 nitrogen and oxygen atoms in total. The molecule has 1 aromatic carbocycles. The van der Waals surface area contributed by atoms with E-state index >= 15 is 0 Å². The Morgan fingerprint density at radius 1 is 1.38 bits per heavy atom. The molecule has 0 fully saturated rings. The summed E-state index contributed by atoms with van der Waals surface area (Å²) in [6.45, 7) is 4.15. The number of benzene rings is 1. The fourth-order valence-corrected chi connectivity index (χ4v) is 1.11. The largest absolute Gasteiger partial charge is 0.497 e. The first-order valence-corrected chi connectivity index (χ1v) is 4.33. The number of nitrogens with two attached hydrogens (primary N) is 1. The molecule has 0 saturated carbocycles. The van der Waals surface area contributed by atoms with Crippen molar-refractivity contribution in [2.24, 2.45) is 0 Å². The van der Waals surface area contributed by atoms with Crippen molar-refractivity contribution in [1.29, 1.82) is 0 Å². The van der Waals surface area contributed by atoms with Gasteiger partial charge in [0.25, 0.3) is 0 Å². The Bertz CT molecular complexity index is 284. The molecule has 0 aliphatic carbocycles. The van der Waals surface area contributed by atoms with Gasteiger partial charge in [-0.15, -0.1) is 0 Å². The van der Waals surface area contributed by atoms with E-state index in [4.69, 9.17) is 10.5 Å². The average Bonchev–Trinajstić information content (AvgIpc) is 2.08. The zero-order valence-electron chi connectivity index (χ0n) is 8.29. The normalized spacial score (nSPS) is 10.2. The molecule has 0 unspecified atom stereocenters. The molecule has 0 aromatic heterocycles. The Hall–Kier alpha value is -1.38. The van der Waals surface area contributed by atoms with Gasteiger partial charge in [-0.05, 0) is 26.0 Å². The summed E-state index contributed by atoms with van der Waals surface area (Å²) in [4.78, 5) is 0. The summed E-state index contributed by atoms with van der Waals surface area (Å²) < 4.78 is 5.05. The summed E-state index contributed by atoms with van der Waals surface area (Å²) in [5.74, 6) is 0.784. The molecular formula is C10H16N2O. The lowest BCUT2D eigenvalue weighted by molar-refractivity contribution is 0.415. The van der Waals surface area contributed by atoms with Crippen LogP contribution in [-0.4, -0.2) is 13.2 Å². The summed E-state index contributed by atoms with van der Waals surface area (Å²) in [5.41, 5.74) is 7.47. The third-order valence-corrected chi connectivity index (χ3v) is 1.70. The topological polar surface area (TPSA) is 47.3 Å². The minimum Gasteiger partial charge on any atom is -0.497 e. The number of ether oxygens (including phenoxy) is 1. The number of hydrogen-bond acceptors (Lipinski definition) is 3. The number of hydrogen-bond donors (Lipinski definition) is 2. The SMILES string of the molecule is COc1ccc(NC(C)C)c(N)c1. The van der Waals surface area contributed by atoms with Gasteiger partial charge in [-0.25, -0.2) is 0 Å². The fourth-order valence-electron chi connectivity index (χ4n) is 1.11. The van der Waals surface area contributed by atoms with Crippen LogP contribution in [0.3, 0.4) is 0 Å². The molecule has 3 N–H and O–H groups in total. The Morgan fingerprint density at radius 3 is 2.54 bits per heavy atom. The third-order valence-electron chi connectivity index (χ3n) is 1.70. The highest BCUT2D eigenvalue weighted by molar-refractivity contribution is 5.68. The first kappa shape index (κ1) is 9.71. The number of rotatable bonds is 3. The number of nitrogen functional groups attached to an aromatic ring is 1. The first-order valence-electron chi connectivity index (χ1n) is 4.33. The van der Waals surface area contributed by atoms with Crippen LogP contribution < -0.4 is 15.8 Å². The lowest BCUT2D eigenvalue weighted by Gasteiger charge is -2.13. The van der Waals surface area contributed by atoms with Crippen LogP contribution in [0, 0.1) is 0 Å². The van der Waals surface area contributed by atoms with Crippen LogP contribution in [0.25, 0.3) is 0 Å². The zero-order valence-corrected chi connectivity index (χ0v) is 8.29. The first-order chi connectivity index (χ1) is 6.13.